The Balaban J connectivity index is 1.18. The van der Waals surface area contributed by atoms with Crippen molar-refractivity contribution < 1.29 is 14.9 Å². The van der Waals surface area contributed by atoms with Gasteiger partial charge in [0.05, 0.1) is 24.4 Å². The van der Waals surface area contributed by atoms with Gasteiger partial charge < -0.3 is 24.7 Å². The number of aliphatic hydroxyl groups excluding tert-OH is 2. The molecule has 0 amide bonds. The summed E-state index contributed by atoms with van der Waals surface area (Å²) in [5.74, 6) is 8.31. The molecule has 5 saturated carbocycles. The fourth-order valence-electron chi connectivity index (χ4n) is 11.2. The molecule has 0 aromatic heterocycles. The zero-order chi connectivity index (χ0) is 24.2. The van der Waals surface area contributed by atoms with Crippen molar-refractivity contribution in [1.29, 1.82) is 0 Å². The molecular formula is C29H50N2O3. The number of nitrogens with zero attached hydrogens (tertiary/aromatic N) is 2. The van der Waals surface area contributed by atoms with Gasteiger partial charge in [0.2, 0.25) is 0 Å². The van der Waals surface area contributed by atoms with Crippen LogP contribution in [0.5, 0.6) is 0 Å². The van der Waals surface area contributed by atoms with Crippen LogP contribution in [0.15, 0.2) is 0 Å². The van der Waals surface area contributed by atoms with Crippen LogP contribution < -0.4 is 0 Å². The van der Waals surface area contributed by atoms with Gasteiger partial charge in [-0.1, -0.05) is 27.7 Å². The van der Waals surface area contributed by atoms with Gasteiger partial charge in [0.25, 0.3) is 0 Å². The van der Waals surface area contributed by atoms with Crippen molar-refractivity contribution in [1.82, 2.24) is 9.80 Å². The first-order valence-corrected chi connectivity index (χ1v) is 14.5. The minimum atomic E-state index is 0.130. The minimum absolute atomic E-state index is 0.130. The molecule has 0 aromatic carbocycles. The topological polar surface area (TPSA) is 56.2 Å². The molecule has 0 aromatic rings. The zero-order valence-electron chi connectivity index (χ0n) is 22.5. The second-order valence-corrected chi connectivity index (χ2v) is 14.2. The van der Waals surface area contributed by atoms with Crippen LogP contribution in [0.4, 0.5) is 0 Å². The van der Waals surface area contributed by atoms with Crippen LogP contribution in [0.1, 0.15) is 59.8 Å². The van der Waals surface area contributed by atoms with Gasteiger partial charge in [-0.05, 0) is 105 Å². The summed E-state index contributed by atoms with van der Waals surface area (Å²) in [5, 5.41) is 20.0. The van der Waals surface area contributed by atoms with Crippen LogP contribution in [-0.4, -0.2) is 83.7 Å². The molecule has 12 atom stereocenters. The SMILES string of the molecule is CC(C)CC(CO)N(C)CCC12OC3(CCN(C)C(CO)CC(C)C)C4C5CC(C6C5C3C61)C42. The molecule has 0 spiro atoms. The van der Waals surface area contributed by atoms with Crippen molar-refractivity contribution in [2.24, 2.45) is 59.2 Å². The summed E-state index contributed by atoms with van der Waals surface area (Å²) >= 11 is 0. The van der Waals surface area contributed by atoms with Crippen LogP contribution in [0, 0.1) is 59.2 Å². The van der Waals surface area contributed by atoms with Crippen molar-refractivity contribution in [3.05, 3.63) is 0 Å². The Morgan fingerprint density at radius 3 is 1.50 bits per heavy atom. The van der Waals surface area contributed by atoms with Crippen LogP contribution >= 0.6 is 0 Å². The number of ether oxygens (including phenoxy) is 1. The van der Waals surface area contributed by atoms with Gasteiger partial charge in [-0.2, -0.15) is 0 Å². The van der Waals surface area contributed by atoms with E-state index < -0.39 is 0 Å². The van der Waals surface area contributed by atoms with E-state index >= 15 is 0 Å². The highest BCUT2D eigenvalue weighted by Gasteiger charge is 2.96. The summed E-state index contributed by atoms with van der Waals surface area (Å²) in [5.41, 5.74) is 0.261. The molecular weight excluding hydrogens is 424 g/mol. The van der Waals surface area contributed by atoms with Gasteiger partial charge in [0, 0.05) is 25.2 Å². The zero-order valence-corrected chi connectivity index (χ0v) is 22.5. The van der Waals surface area contributed by atoms with E-state index in [4.69, 9.17) is 4.74 Å². The highest BCUT2D eigenvalue weighted by atomic mass is 16.5. The molecule has 34 heavy (non-hydrogen) atoms. The third-order valence-corrected chi connectivity index (χ3v) is 12.0. The monoisotopic (exact) mass is 474 g/mol. The van der Waals surface area contributed by atoms with E-state index in [1.54, 1.807) is 0 Å². The fourth-order valence-corrected chi connectivity index (χ4v) is 11.2. The van der Waals surface area contributed by atoms with Gasteiger partial charge in [-0.3, -0.25) is 0 Å². The Labute approximate surface area is 207 Å². The van der Waals surface area contributed by atoms with Gasteiger partial charge in [-0.15, -0.1) is 0 Å². The maximum absolute atomic E-state index is 10.0. The molecule has 5 heteroatoms. The molecule has 2 N–H and O–H groups in total. The maximum atomic E-state index is 10.0. The van der Waals surface area contributed by atoms with Crippen LogP contribution in [0.25, 0.3) is 0 Å². The number of rotatable bonds is 14. The summed E-state index contributed by atoms with van der Waals surface area (Å²) in [6.45, 7) is 11.7. The predicted molar refractivity (Wildman–Crippen MR) is 134 cm³/mol. The van der Waals surface area contributed by atoms with E-state index in [2.05, 4.69) is 51.6 Å². The van der Waals surface area contributed by atoms with Crippen LogP contribution in [0.3, 0.4) is 0 Å². The summed E-state index contributed by atoms with van der Waals surface area (Å²) in [7, 11) is 4.44. The quantitative estimate of drug-likeness (QED) is 0.404. The van der Waals surface area contributed by atoms with Crippen molar-refractivity contribution in [3.63, 3.8) is 0 Å². The lowest BCUT2D eigenvalue weighted by molar-refractivity contribution is -0.0869. The van der Waals surface area contributed by atoms with Gasteiger partial charge in [0.15, 0.2) is 0 Å². The molecule has 5 nitrogen and oxygen atoms in total. The predicted octanol–water partition coefficient (Wildman–Crippen LogP) is 3.34. The standard InChI is InChI=1S/C29H50N2O3/c1-16(2)11-18(14-32)30(5)9-7-28-24-20-13-21-23-22(20)26(28)27(23)29(34-28,25(21)24)8-10-31(6)19(15-33)12-17(3)4/h16-27,32-33H,7-15H2,1-6H3. The second-order valence-electron chi connectivity index (χ2n) is 14.2. The summed E-state index contributed by atoms with van der Waals surface area (Å²) in [4.78, 5) is 4.86. The fraction of sp³-hybridized carbons (Fsp3) is 1.00. The molecule has 2 saturated heterocycles. The summed E-state index contributed by atoms with van der Waals surface area (Å²) < 4.78 is 7.45. The summed E-state index contributed by atoms with van der Waals surface area (Å²) in [6.07, 6.45) is 5.95. The van der Waals surface area contributed by atoms with E-state index in [-0.39, 0.29) is 36.5 Å². The summed E-state index contributed by atoms with van der Waals surface area (Å²) in [6, 6.07) is 0.534. The third kappa shape index (κ3) is 2.91. The van der Waals surface area contributed by atoms with E-state index in [0.717, 1.165) is 86.1 Å². The van der Waals surface area contributed by atoms with Crippen molar-refractivity contribution >= 4 is 0 Å². The minimum Gasteiger partial charge on any atom is -0.395 e. The molecule has 12 unspecified atom stereocenters. The third-order valence-electron chi connectivity index (χ3n) is 12.0. The average Bonchev–Trinajstić information content (AvgIpc) is 3.44. The van der Waals surface area contributed by atoms with Crippen LogP contribution in [0.2, 0.25) is 0 Å². The highest BCUT2D eigenvalue weighted by molar-refractivity contribution is 5.43. The van der Waals surface area contributed by atoms with E-state index in [1.165, 1.54) is 6.42 Å². The largest absolute Gasteiger partial charge is 0.395 e. The average molecular weight is 475 g/mol. The molecule has 0 radical (unpaired) electrons. The van der Waals surface area contributed by atoms with E-state index in [9.17, 15) is 10.2 Å². The molecule has 5 aliphatic carbocycles. The lowest BCUT2D eigenvalue weighted by Gasteiger charge is -2.48. The molecule has 7 fully saturated rings. The normalized spacial score (nSPS) is 48.0. The maximum Gasteiger partial charge on any atom is 0.0771 e. The number of aliphatic hydroxyl groups is 2. The molecule has 7 rings (SSSR count). The second kappa shape index (κ2) is 8.15. The molecule has 2 aliphatic heterocycles. The number of hydrogen-bond donors (Lipinski definition) is 2. The first kappa shape index (κ1) is 24.2. The highest BCUT2D eigenvalue weighted by Crippen LogP contribution is 2.93. The first-order chi connectivity index (χ1) is 16.2. The van der Waals surface area contributed by atoms with Crippen molar-refractivity contribution in [2.45, 2.75) is 83.1 Å². The number of likely N-dealkylation sites (N-methyl/N-ethyl adjacent to an activating group) is 2. The number of hydrogen-bond acceptors (Lipinski definition) is 5. The molecule has 4 bridgehead atoms. The van der Waals surface area contributed by atoms with Crippen molar-refractivity contribution in [3.8, 4) is 0 Å². The Morgan fingerprint density at radius 1 is 0.735 bits per heavy atom. The lowest BCUT2D eigenvalue weighted by Crippen LogP contribution is -2.53. The van der Waals surface area contributed by atoms with E-state index in [1.807, 2.05) is 0 Å². The lowest BCUT2D eigenvalue weighted by atomic mass is 9.54. The Kier molecular flexibility index (Phi) is 5.79. The van der Waals surface area contributed by atoms with E-state index in [0.29, 0.717) is 11.8 Å². The van der Waals surface area contributed by atoms with Gasteiger partial charge in [-0.25, -0.2) is 0 Å². The van der Waals surface area contributed by atoms with Gasteiger partial charge in [0.1, 0.15) is 0 Å². The molecule has 7 aliphatic rings. The van der Waals surface area contributed by atoms with Crippen LogP contribution in [-0.2, 0) is 4.74 Å². The first-order valence-electron chi connectivity index (χ1n) is 14.5. The van der Waals surface area contributed by atoms with Gasteiger partial charge >= 0.3 is 0 Å². The smallest absolute Gasteiger partial charge is 0.0771 e. The Bertz CT molecular complexity index is 723. The molecule has 2 heterocycles. The molecule has 194 valence electrons. The Morgan fingerprint density at radius 2 is 1.15 bits per heavy atom. The Hall–Kier alpha value is -0.200. The van der Waals surface area contributed by atoms with Crippen molar-refractivity contribution in [2.75, 3.05) is 40.4 Å².